The smallest absolute Gasteiger partial charge is 0.195 e. The zero-order valence-corrected chi connectivity index (χ0v) is 10.1. The maximum absolute atomic E-state index is 11.6. The number of carbonyl (C=O) groups excluding carboxylic acids is 1. The van der Waals surface area contributed by atoms with E-state index in [1.54, 1.807) is 20.3 Å². The lowest BCUT2D eigenvalue weighted by molar-refractivity contribution is -0.190. The van der Waals surface area contributed by atoms with Gasteiger partial charge in [-0.05, 0) is 17.7 Å². The molecule has 1 aliphatic carbocycles. The summed E-state index contributed by atoms with van der Waals surface area (Å²) in [6, 6.07) is 9.83. The molecule has 0 aliphatic heterocycles. The van der Waals surface area contributed by atoms with Gasteiger partial charge in [0.05, 0.1) is 0 Å². The van der Waals surface area contributed by atoms with Gasteiger partial charge >= 0.3 is 0 Å². The van der Waals surface area contributed by atoms with Crippen LogP contribution < -0.4 is 0 Å². The third-order valence-electron chi connectivity index (χ3n) is 3.23. The first-order valence-electron chi connectivity index (χ1n) is 5.59. The van der Waals surface area contributed by atoms with E-state index in [1.165, 1.54) is 6.08 Å². The fourth-order valence-corrected chi connectivity index (χ4v) is 2.28. The van der Waals surface area contributed by atoms with Crippen LogP contribution >= 0.6 is 0 Å². The van der Waals surface area contributed by atoms with Crippen molar-refractivity contribution in [3.05, 3.63) is 48.0 Å². The van der Waals surface area contributed by atoms with Crippen molar-refractivity contribution in [3.8, 4) is 0 Å². The predicted molar refractivity (Wildman–Crippen MR) is 64.7 cm³/mol. The molecule has 17 heavy (non-hydrogen) atoms. The van der Waals surface area contributed by atoms with E-state index in [2.05, 4.69) is 0 Å². The number of rotatable bonds is 3. The van der Waals surface area contributed by atoms with Crippen LogP contribution in [0.1, 0.15) is 17.9 Å². The molecule has 2 rings (SSSR count). The fraction of sp³-hybridized carbons (Fsp3) is 0.357. The van der Waals surface area contributed by atoms with E-state index in [9.17, 15) is 4.79 Å². The number of methoxy groups -OCH3 is 2. The second kappa shape index (κ2) is 4.82. The third-order valence-corrected chi connectivity index (χ3v) is 3.23. The Morgan fingerprint density at radius 1 is 1.18 bits per heavy atom. The van der Waals surface area contributed by atoms with Gasteiger partial charge in [-0.1, -0.05) is 30.3 Å². The first-order chi connectivity index (χ1) is 8.22. The molecule has 0 unspecified atom stereocenters. The first-order valence-corrected chi connectivity index (χ1v) is 5.59. The highest BCUT2D eigenvalue weighted by Gasteiger charge is 2.41. The van der Waals surface area contributed by atoms with Gasteiger partial charge in [0.15, 0.2) is 11.6 Å². The minimum absolute atomic E-state index is 0.101. The molecule has 1 aliphatic rings. The van der Waals surface area contributed by atoms with E-state index in [-0.39, 0.29) is 11.7 Å². The van der Waals surface area contributed by atoms with Gasteiger partial charge in [-0.2, -0.15) is 0 Å². The van der Waals surface area contributed by atoms with Gasteiger partial charge in [0.1, 0.15) is 0 Å². The number of ketones is 1. The van der Waals surface area contributed by atoms with E-state index in [1.807, 2.05) is 30.3 Å². The van der Waals surface area contributed by atoms with E-state index in [4.69, 9.17) is 9.47 Å². The molecule has 0 spiro atoms. The van der Waals surface area contributed by atoms with Gasteiger partial charge < -0.3 is 9.47 Å². The summed E-state index contributed by atoms with van der Waals surface area (Å²) in [5, 5.41) is 0. The molecule has 0 heterocycles. The van der Waals surface area contributed by atoms with Crippen LogP contribution in [0.25, 0.3) is 0 Å². The third kappa shape index (κ3) is 2.16. The van der Waals surface area contributed by atoms with E-state index >= 15 is 0 Å². The van der Waals surface area contributed by atoms with Crippen LogP contribution in [0.15, 0.2) is 42.5 Å². The summed E-state index contributed by atoms with van der Waals surface area (Å²) in [6.07, 6.45) is 3.64. The molecule has 0 bridgehead atoms. The van der Waals surface area contributed by atoms with E-state index < -0.39 is 5.79 Å². The van der Waals surface area contributed by atoms with Gasteiger partial charge in [-0.3, -0.25) is 4.79 Å². The predicted octanol–water partition coefficient (Wildman–Crippen LogP) is 2.29. The quantitative estimate of drug-likeness (QED) is 0.750. The highest BCUT2D eigenvalue weighted by molar-refractivity contribution is 5.91. The molecule has 90 valence electrons. The van der Waals surface area contributed by atoms with Crippen molar-refractivity contribution in [2.45, 2.75) is 18.1 Å². The number of benzene rings is 1. The Morgan fingerprint density at radius 3 is 2.41 bits per heavy atom. The topological polar surface area (TPSA) is 35.5 Å². The second-order valence-electron chi connectivity index (χ2n) is 4.10. The lowest BCUT2D eigenvalue weighted by Crippen LogP contribution is -2.41. The Labute approximate surface area is 101 Å². The summed E-state index contributed by atoms with van der Waals surface area (Å²) in [5.41, 5.74) is 1.05. The van der Waals surface area contributed by atoms with Crippen molar-refractivity contribution in [1.82, 2.24) is 0 Å². The molecule has 3 nitrogen and oxygen atoms in total. The molecular weight excluding hydrogens is 216 g/mol. The van der Waals surface area contributed by atoms with Crippen LogP contribution in [0.3, 0.4) is 0 Å². The summed E-state index contributed by atoms with van der Waals surface area (Å²) < 4.78 is 11.0. The van der Waals surface area contributed by atoms with Crippen LogP contribution in [-0.4, -0.2) is 25.8 Å². The van der Waals surface area contributed by atoms with Crippen molar-refractivity contribution in [2.75, 3.05) is 14.2 Å². The Kier molecular flexibility index (Phi) is 3.41. The zero-order chi connectivity index (χ0) is 12.3. The molecular formula is C14H16O3. The Bertz CT molecular complexity index is 418. The lowest BCUT2D eigenvalue weighted by Gasteiger charge is -2.37. The number of carbonyl (C=O) groups is 1. The summed E-state index contributed by atoms with van der Waals surface area (Å²) in [5.74, 6) is -0.838. The molecule has 3 heteroatoms. The maximum Gasteiger partial charge on any atom is 0.195 e. The minimum atomic E-state index is -0.838. The monoisotopic (exact) mass is 232 g/mol. The van der Waals surface area contributed by atoms with Crippen LogP contribution in [0.4, 0.5) is 0 Å². The number of hydrogen-bond donors (Lipinski definition) is 0. The summed E-state index contributed by atoms with van der Waals surface area (Å²) in [4.78, 5) is 11.6. The van der Waals surface area contributed by atoms with E-state index in [0.717, 1.165) is 5.56 Å². The molecule has 1 atom stereocenters. The SMILES string of the molecule is COC1(OC)C=CC(=O)C[C@@H]1c1ccccc1. The van der Waals surface area contributed by atoms with Crippen LogP contribution in [0.2, 0.25) is 0 Å². The second-order valence-corrected chi connectivity index (χ2v) is 4.10. The highest BCUT2D eigenvalue weighted by Crippen LogP contribution is 2.38. The Morgan fingerprint density at radius 2 is 1.82 bits per heavy atom. The van der Waals surface area contributed by atoms with Crippen LogP contribution in [-0.2, 0) is 14.3 Å². The minimum Gasteiger partial charge on any atom is -0.349 e. The number of hydrogen-bond acceptors (Lipinski definition) is 3. The molecule has 0 amide bonds. The highest BCUT2D eigenvalue weighted by atomic mass is 16.7. The number of ether oxygens (including phenoxy) is 2. The summed E-state index contributed by atoms with van der Waals surface area (Å²) in [6.45, 7) is 0. The summed E-state index contributed by atoms with van der Waals surface area (Å²) >= 11 is 0. The molecule has 0 fully saturated rings. The first kappa shape index (κ1) is 12.0. The molecule has 0 saturated carbocycles. The molecule has 0 aromatic heterocycles. The zero-order valence-electron chi connectivity index (χ0n) is 10.1. The maximum atomic E-state index is 11.6. The van der Waals surface area contributed by atoms with Crippen molar-refractivity contribution < 1.29 is 14.3 Å². The van der Waals surface area contributed by atoms with Gasteiger partial charge in [0.2, 0.25) is 0 Å². The molecule has 0 radical (unpaired) electrons. The normalized spacial score (nSPS) is 22.7. The van der Waals surface area contributed by atoms with Crippen molar-refractivity contribution in [1.29, 1.82) is 0 Å². The van der Waals surface area contributed by atoms with Crippen molar-refractivity contribution in [2.24, 2.45) is 0 Å². The van der Waals surface area contributed by atoms with Crippen molar-refractivity contribution in [3.63, 3.8) is 0 Å². The summed E-state index contributed by atoms with van der Waals surface area (Å²) in [7, 11) is 3.19. The molecule has 1 aromatic rings. The fourth-order valence-electron chi connectivity index (χ4n) is 2.28. The van der Waals surface area contributed by atoms with Gasteiger partial charge in [-0.15, -0.1) is 0 Å². The van der Waals surface area contributed by atoms with Crippen LogP contribution in [0.5, 0.6) is 0 Å². The van der Waals surface area contributed by atoms with Crippen molar-refractivity contribution >= 4 is 5.78 Å². The largest absolute Gasteiger partial charge is 0.349 e. The van der Waals surface area contributed by atoms with Gasteiger partial charge in [-0.25, -0.2) is 0 Å². The molecule has 0 N–H and O–H groups in total. The lowest BCUT2D eigenvalue weighted by atomic mass is 9.82. The van der Waals surface area contributed by atoms with E-state index in [0.29, 0.717) is 6.42 Å². The average Bonchev–Trinajstić information content (AvgIpc) is 2.40. The Balaban J connectivity index is 2.42. The molecule has 0 saturated heterocycles. The van der Waals surface area contributed by atoms with Crippen LogP contribution in [0, 0.1) is 0 Å². The molecule has 1 aromatic carbocycles. The standard InChI is InChI=1S/C14H16O3/c1-16-14(17-2)9-8-12(15)10-13(14)11-6-4-3-5-7-11/h3-9,13H,10H2,1-2H3/t13-/m1/s1. The van der Waals surface area contributed by atoms with Gasteiger partial charge in [0.25, 0.3) is 0 Å². The average molecular weight is 232 g/mol. The van der Waals surface area contributed by atoms with Gasteiger partial charge in [0, 0.05) is 26.6 Å². The Hall–Kier alpha value is -1.45. The number of allylic oxidation sites excluding steroid dienone is 1.